The van der Waals surface area contributed by atoms with E-state index in [-0.39, 0.29) is 72.4 Å². The van der Waals surface area contributed by atoms with Crippen molar-refractivity contribution >= 4 is 41.3 Å². The number of Topliss-reactive ketones (excluding diaryl/α,β-unsaturated/α-hetero) is 1. The fraction of sp³-hybridized carbons (Fsp3) is 0.518. The first kappa shape index (κ1) is 56.5. The first-order chi connectivity index (χ1) is 34.1. The van der Waals surface area contributed by atoms with Crippen LogP contribution in [0, 0.1) is 29.6 Å². The summed E-state index contributed by atoms with van der Waals surface area (Å²) < 4.78 is 17.1. The van der Waals surface area contributed by atoms with Gasteiger partial charge >= 0.3 is 5.97 Å². The molecule has 5 N–H and O–H groups in total. The van der Waals surface area contributed by atoms with Gasteiger partial charge in [-0.15, -0.1) is 6.42 Å². The average molecular weight is 992 g/mol. The summed E-state index contributed by atoms with van der Waals surface area (Å²) in [5.41, 5.74) is 0.721. The zero-order valence-corrected chi connectivity index (χ0v) is 43.3. The summed E-state index contributed by atoms with van der Waals surface area (Å²) in [7, 11) is 0. The molecule has 0 aromatic heterocycles. The second-order valence-electron chi connectivity index (χ2n) is 21.2. The van der Waals surface area contributed by atoms with Crippen LogP contribution in [-0.2, 0) is 57.6 Å². The van der Waals surface area contributed by atoms with Crippen molar-refractivity contribution in [2.45, 2.75) is 124 Å². The normalized spacial score (nSPS) is 17.8. The summed E-state index contributed by atoms with van der Waals surface area (Å²) in [6.07, 6.45) is 6.79. The Kier molecular flexibility index (Phi) is 20.3. The Balaban J connectivity index is 1.38. The predicted octanol–water partition coefficient (Wildman–Crippen LogP) is 4.61. The van der Waals surface area contributed by atoms with Crippen molar-refractivity contribution in [1.82, 2.24) is 26.6 Å². The lowest BCUT2D eigenvalue weighted by Crippen LogP contribution is -2.61. The number of quaternary nitrogens is 1. The molecular weight excluding hydrogens is 917 g/mol. The molecular formula is C56H75N6O10+. The number of hydrogen-bond acceptors (Lipinski definition) is 10. The van der Waals surface area contributed by atoms with Gasteiger partial charge in [-0.25, -0.2) is 0 Å². The molecule has 0 radical (unpaired) electrons. The van der Waals surface area contributed by atoms with E-state index in [9.17, 15) is 33.6 Å². The lowest BCUT2D eigenvalue weighted by Gasteiger charge is -2.41. The summed E-state index contributed by atoms with van der Waals surface area (Å²) in [5.74, 6) is -0.911. The highest BCUT2D eigenvalue weighted by atomic mass is 16.6. The minimum absolute atomic E-state index is 0.0424. The Morgan fingerprint density at radius 3 is 1.88 bits per heavy atom. The summed E-state index contributed by atoms with van der Waals surface area (Å²) in [6, 6.07) is 19.6. The Hall–Kier alpha value is -6.41. The molecule has 0 bridgehead atoms. The number of ether oxygens (including phenoxy) is 3. The molecule has 2 saturated heterocycles. The highest BCUT2D eigenvalue weighted by Gasteiger charge is 2.50. The standard InChI is InChI=1S/C56H74N6O10/c1-10-25-57-50(65)42-32-41(22-24-47(42)72-54(69)55(6,7)8)34-62(26-28-70-29-27-62)35-48(63)58-43(23-21-39-17-13-11-14-18-39)51(66)60-45(31-38(4)5)52(67)61-46(33-40-19-15-12-16-20-40)53(68)59-44(30-37(2)3)49(64)56(9)36-71-56/h1,11-20,22,24,32,37-38,43-46H,21,23,25-31,33-36H2,2-9H3,(H4-,57,58,59,60,61,63,65,66,67,68)/p+1/t43-,44-,45-,46-,56+/m0/s1. The van der Waals surface area contributed by atoms with Gasteiger partial charge in [0.25, 0.3) is 11.8 Å². The minimum atomic E-state index is -1.10. The fourth-order valence-electron chi connectivity index (χ4n) is 8.58. The van der Waals surface area contributed by atoms with Gasteiger partial charge in [0.1, 0.15) is 49.1 Å². The molecule has 3 aromatic carbocycles. The van der Waals surface area contributed by atoms with E-state index in [2.05, 4.69) is 32.5 Å². The van der Waals surface area contributed by atoms with Gasteiger partial charge in [-0.1, -0.05) is 94.3 Å². The lowest BCUT2D eigenvalue weighted by molar-refractivity contribution is -0.940. The summed E-state index contributed by atoms with van der Waals surface area (Å²) >= 11 is 0. The number of nitrogens with zero attached hydrogens (tertiary/aromatic N) is 1. The maximum absolute atomic E-state index is 14.6. The Bertz CT molecular complexity index is 2400. The molecule has 2 aliphatic rings. The zero-order valence-electron chi connectivity index (χ0n) is 43.3. The van der Waals surface area contributed by atoms with Gasteiger partial charge in [-0.05, 0) is 94.5 Å². The van der Waals surface area contributed by atoms with Crippen LogP contribution >= 0.6 is 0 Å². The largest absolute Gasteiger partial charge is 0.425 e. The third kappa shape index (κ3) is 17.1. The van der Waals surface area contributed by atoms with Crippen LogP contribution in [0.4, 0.5) is 0 Å². The smallest absolute Gasteiger partial charge is 0.316 e. The highest BCUT2D eigenvalue weighted by Crippen LogP contribution is 2.30. The summed E-state index contributed by atoms with van der Waals surface area (Å²) in [5, 5.41) is 14.5. The number of nitrogens with one attached hydrogen (secondary N) is 5. The topological polar surface area (TPSA) is 211 Å². The number of carbonyl (C=O) groups is 7. The van der Waals surface area contributed by atoms with E-state index in [1.807, 2.05) is 88.4 Å². The van der Waals surface area contributed by atoms with Gasteiger partial charge in [0.05, 0.1) is 43.4 Å². The van der Waals surface area contributed by atoms with E-state index in [4.69, 9.17) is 20.6 Å². The molecule has 5 rings (SSSR count). The van der Waals surface area contributed by atoms with Gasteiger partial charge in [-0.2, -0.15) is 0 Å². The SMILES string of the molecule is C#CCNC(=O)c1cc(C[N+]2(CC(=O)N[C@@H](CCc3ccccc3)C(=O)N[C@@H](CC(C)C)C(=O)N[C@@H](Cc3ccccc3)C(=O)N[C@@H](CC(C)C)C(=O)[C@@]3(C)CO3)CCOCC2)ccc1OC(=O)C(C)(C)C. The maximum Gasteiger partial charge on any atom is 0.316 e. The summed E-state index contributed by atoms with van der Waals surface area (Å²) in [4.78, 5) is 97.5. The summed E-state index contributed by atoms with van der Waals surface area (Å²) in [6.45, 7) is 16.7. The maximum atomic E-state index is 14.6. The monoisotopic (exact) mass is 992 g/mol. The molecule has 2 aliphatic heterocycles. The van der Waals surface area contributed by atoms with Crippen molar-refractivity contribution in [3.63, 3.8) is 0 Å². The first-order valence-electron chi connectivity index (χ1n) is 25.1. The number of ketones is 1. The van der Waals surface area contributed by atoms with Gasteiger partial charge in [-0.3, -0.25) is 33.6 Å². The van der Waals surface area contributed by atoms with Crippen molar-refractivity contribution in [3.8, 4) is 18.1 Å². The van der Waals surface area contributed by atoms with Gasteiger partial charge in [0.15, 0.2) is 12.3 Å². The molecule has 0 saturated carbocycles. The zero-order chi connectivity index (χ0) is 52.6. The van der Waals surface area contributed by atoms with Crippen molar-refractivity contribution in [2.75, 3.05) is 46.0 Å². The highest BCUT2D eigenvalue weighted by molar-refractivity contribution is 5.99. The van der Waals surface area contributed by atoms with E-state index >= 15 is 0 Å². The Morgan fingerprint density at radius 2 is 1.29 bits per heavy atom. The van der Waals surface area contributed by atoms with Crippen molar-refractivity contribution in [3.05, 3.63) is 101 Å². The van der Waals surface area contributed by atoms with E-state index in [0.717, 1.165) is 11.1 Å². The number of rotatable bonds is 25. The fourth-order valence-corrected chi connectivity index (χ4v) is 8.58. The lowest BCUT2D eigenvalue weighted by atomic mass is 9.93. The molecule has 0 spiro atoms. The number of epoxide rings is 1. The molecule has 388 valence electrons. The van der Waals surface area contributed by atoms with Crippen LogP contribution in [-0.4, -0.2) is 122 Å². The van der Waals surface area contributed by atoms with Crippen LogP contribution in [0.1, 0.15) is 102 Å². The minimum Gasteiger partial charge on any atom is -0.425 e. The van der Waals surface area contributed by atoms with Crippen molar-refractivity contribution in [2.24, 2.45) is 17.3 Å². The number of esters is 1. The van der Waals surface area contributed by atoms with Crippen LogP contribution < -0.4 is 31.3 Å². The number of morpholine rings is 1. The van der Waals surface area contributed by atoms with E-state index in [1.165, 1.54) is 0 Å². The quantitative estimate of drug-likeness (QED) is 0.0262. The van der Waals surface area contributed by atoms with Crippen LogP contribution in [0.5, 0.6) is 5.75 Å². The molecule has 72 heavy (non-hydrogen) atoms. The number of benzene rings is 3. The average Bonchev–Trinajstić information content (AvgIpc) is 4.09. The van der Waals surface area contributed by atoms with Crippen LogP contribution in [0.3, 0.4) is 0 Å². The third-order valence-electron chi connectivity index (χ3n) is 12.8. The van der Waals surface area contributed by atoms with Gasteiger partial charge < -0.3 is 45.3 Å². The Morgan fingerprint density at radius 1 is 0.736 bits per heavy atom. The number of carbonyl (C=O) groups excluding carboxylic acids is 7. The van der Waals surface area contributed by atoms with E-state index in [1.54, 1.807) is 45.9 Å². The second kappa shape index (κ2) is 25.8. The van der Waals surface area contributed by atoms with E-state index < -0.39 is 70.7 Å². The van der Waals surface area contributed by atoms with Crippen molar-refractivity contribution in [1.29, 1.82) is 0 Å². The number of amides is 5. The molecule has 2 fully saturated rings. The van der Waals surface area contributed by atoms with Crippen molar-refractivity contribution < 1.29 is 52.3 Å². The van der Waals surface area contributed by atoms with E-state index in [0.29, 0.717) is 51.3 Å². The number of aryl methyl sites for hydroxylation is 1. The molecule has 5 atom stereocenters. The predicted molar refractivity (Wildman–Crippen MR) is 273 cm³/mol. The number of terminal acetylenes is 1. The van der Waals surface area contributed by atoms with Crippen LogP contribution in [0.15, 0.2) is 78.9 Å². The van der Waals surface area contributed by atoms with Crippen LogP contribution in [0.25, 0.3) is 0 Å². The first-order valence-corrected chi connectivity index (χ1v) is 25.1. The number of hydrogen-bond donors (Lipinski definition) is 5. The van der Waals surface area contributed by atoms with Gasteiger partial charge in [0.2, 0.25) is 17.7 Å². The molecule has 5 amide bonds. The molecule has 16 nitrogen and oxygen atoms in total. The third-order valence-corrected chi connectivity index (χ3v) is 12.8. The molecule has 3 aromatic rings. The second-order valence-corrected chi connectivity index (χ2v) is 21.2. The van der Waals surface area contributed by atoms with Crippen LogP contribution in [0.2, 0.25) is 0 Å². The Labute approximate surface area is 425 Å². The van der Waals surface area contributed by atoms with Gasteiger partial charge in [0, 0.05) is 12.0 Å². The molecule has 0 unspecified atom stereocenters. The molecule has 16 heteroatoms. The molecule has 0 aliphatic carbocycles. The molecule has 2 heterocycles.